The molecule has 0 fully saturated rings. The molecule has 4 aromatic rings. The van der Waals surface area contributed by atoms with Crippen molar-refractivity contribution in [3.05, 3.63) is 124 Å². The van der Waals surface area contributed by atoms with E-state index in [1.54, 1.807) is 12.1 Å². The number of allylic oxidation sites excluding steroid dienone is 1. The summed E-state index contributed by atoms with van der Waals surface area (Å²) in [6, 6.07) is 25.9. The number of benzene rings is 4. The summed E-state index contributed by atoms with van der Waals surface area (Å²) in [7, 11) is 0. The third-order valence-corrected chi connectivity index (χ3v) is 6.71. The van der Waals surface area contributed by atoms with E-state index in [9.17, 15) is 14.4 Å². The fourth-order valence-electron chi connectivity index (χ4n) is 4.61. The van der Waals surface area contributed by atoms with Crippen LogP contribution in [0.2, 0.25) is 0 Å². The lowest BCUT2D eigenvalue weighted by molar-refractivity contribution is -0.136. The SMILES string of the molecule is CCOc1cc(C2C(C#N)=C(N)Oc3cc(OC(=O)COc4ccc(F)cc4)ccc32)ccc1OCc1ccc(C)cc1. The second kappa shape index (κ2) is 13.0. The second-order valence-electron chi connectivity index (χ2n) is 9.75. The molecule has 0 spiro atoms. The molecule has 0 amide bonds. The summed E-state index contributed by atoms with van der Waals surface area (Å²) in [6.07, 6.45) is 0. The Morgan fingerprint density at radius 2 is 1.67 bits per heavy atom. The molecule has 1 aliphatic rings. The normalized spacial score (nSPS) is 13.8. The van der Waals surface area contributed by atoms with Crippen molar-refractivity contribution >= 4 is 5.97 Å². The number of carbonyl (C=O) groups excluding carboxylic acids is 1. The van der Waals surface area contributed by atoms with E-state index in [-0.39, 0.29) is 23.8 Å². The van der Waals surface area contributed by atoms with Crippen LogP contribution in [0.1, 0.15) is 35.1 Å². The van der Waals surface area contributed by atoms with Crippen molar-refractivity contribution in [2.24, 2.45) is 5.73 Å². The minimum atomic E-state index is -0.666. The molecule has 4 aromatic carbocycles. The number of fused-ring (bicyclic) bond motifs is 1. The molecule has 0 saturated carbocycles. The number of hydrogen-bond donors (Lipinski definition) is 1. The monoisotopic (exact) mass is 580 g/mol. The summed E-state index contributed by atoms with van der Waals surface area (Å²) in [4.78, 5) is 12.4. The predicted molar refractivity (Wildman–Crippen MR) is 156 cm³/mol. The third kappa shape index (κ3) is 6.88. The summed E-state index contributed by atoms with van der Waals surface area (Å²) in [5, 5.41) is 9.99. The van der Waals surface area contributed by atoms with Gasteiger partial charge in [0.25, 0.3) is 0 Å². The van der Waals surface area contributed by atoms with Gasteiger partial charge in [-0.15, -0.1) is 0 Å². The quantitative estimate of drug-likeness (QED) is 0.171. The van der Waals surface area contributed by atoms with Gasteiger partial charge in [-0.05, 0) is 67.4 Å². The lowest BCUT2D eigenvalue weighted by atomic mass is 9.83. The Bertz CT molecular complexity index is 1690. The van der Waals surface area contributed by atoms with Gasteiger partial charge in [-0.25, -0.2) is 9.18 Å². The number of hydrogen-bond acceptors (Lipinski definition) is 8. The van der Waals surface area contributed by atoms with Gasteiger partial charge in [-0.3, -0.25) is 0 Å². The van der Waals surface area contributed by atoms with Crippen LogP contribution in [-0.4, -0.2) is 19.2 Å². The van der Waals surface area contributed by atoms with E-state index in [4.69, 9.17) is 29.4 Å². The van der Waals surface area contributed by atoms with E-state index >= 15 is 0 Å². The van der Waals surface area contributed by atoms with Crippen molar-refractivity contribution in [3.63, 3.8) is 0 Å². The smallest absolute Gasteiger partial charge is 0.349 e. The summed E-state index contributed by atoms with van der Waals surface area (Å²) in [6.45, 7) is 4.31. The second-order valence-corrected chi connectivity index (χ2v) is 9.75. The van der Waals surface area contributed by atoms with Gasteiger partial charge in [0.05, 0.1) is 12.5 Å². The highest BCUT2D eigenvalue weighted by Gasteiger charge is 2.32. The van der Waals surface area contributed by atoms with Crippen LogP contribution >= 0.6 is 0 Å². The van der Waals surface area contributed by atoms with Crippen LogP contribution in [-0.2, 0) is 11.4 Å². The van der Waals surface area contributed by atoms with Crippen LogP contribution in [0.15, 0.2) is 96.4 Å². The lowest BCUT2D eigenvalue weighted by Gasteiger charge is -2.27. The van der Waals surface area contributed by atoms with Crippen molar-refractivity contribution in [3.8, 4) is 34.8 Å². The van der Waals surface area contributed by atoms with Gasteiger partial charge in [0.1, 0.15) is 41.3 Å². The molecule has 1 heterocycles. The molecule has 43 heavy (non-hydrogen) atoms. The maximum absolute atomic E-state index is 13.1. The molecule has 0 aliphatic carbocycles. The number of esters is 1. The number of ether oxygens (including phenoxy) is 5. The topological polar surface area (TPSA) is 113 Å². The number of nitriles is 1. The summed E-state index contributed by atoms with van der Waals surface area (Å²) < 4.78 is 41.6. The first-order chi connectivity index (χ1) is 20.8. The van der Waals surface area contributed by atoms with Crippen molar-refractivity contribution in [1.82, 2.24) is 0 Å². The molecule has 1 unspecified atom stereocenters. The Kier molecular flexibility index (Phi) is 8.77. The minimum Gasteiger partial charge on any atom is -0.490 e. The van der Waals surface area contributed by atoms with Gasteiger partial charge in [-0.1, -0.05) is 42.0 Å². The molecule has 2 N–H and O–H groups in total. The molecule has 0 saturated heterocycles. The van der Waals surface area contributed by atoms with Crippen molar-refractivity contribution in [2.45, 2.75) is 26.4 Å². The molecule has 0 bridgehead atoms. The fourth-order valence-corrected chi connectivity index (χ4v) is 4.61. The standard InChI is InChI=1S/C34H29FN2O6/c1-3-39-31-16-23(8-15-29(31)41-19-22-6-4-21(2)5-7-22)33-27-14-13-26(17-30(27)43-34(37)28(33)18-36)42-32(38)20-40-25-11-9-24(35)10-12-25/h4-17,33H,3,19-20,37H2,1-2H3. The molecular weight excluding hydrogens is 551 g/mol. The average Bonchev–Trinajstić information content (AvgIpc) is 3.00. The highest BCUT2D eigenvalue weighted by molar-refractivity contribution is 5.74. The zero-order valence-corrected chi connectivity index (χ0v) is 23.6. The van der Waals surface area contributed by atoms with Gasteiger partial charge < -0.3 is 29.4 Å². The van der Waals surface area contributed by atoms with E-state index < -0.39 is 17.7 Å². The Morgan fingerprint density at radius 3 is 2.40 bits per heavy atom. The third-order valence-electron chi connectivity index (χ3n) is 6.71. The first-order valence-corrected chi connectivity index (χ1v) is 13.6. The van der Waals surface area contributed by atoms with Gasteiger partial charge in [0.2, 0.25) is 5.88 Å². The van der Waals surface area contributed by atoms with Crippen LogP contribution in [0.4, 0.5) is 4.39 Å². The number of carbonyl (C=O) groups is 1. The maximum Gasteiger partial charge on any atom is 0.349 e. The molecule has 1 atom stereocenters. The van der Waals surface area contributed by atoms with E-state index in [0.717, 1.165) is 11.1 Å². The van der Waals surface area contributed by atoms with Crippen LogP contribution in [0.25, 0.3) is 0 Å². The fraction of sp³-hybridized carbons (Fsp3) is 0.176. The number of nitrogens with zero attached hydrogens (tertiary/aromatic N) is 1. The Morgan fingerprint density at radius 1 is 0.930 bits per heavy atom. The highest BCUT2D eigenvalue weighted by Crippen LogP contribution is 2.45. The van der Waals surface area contributed by atoms with Crippen LogP contribution in [0.5, 0.6) is 28.7 Å². The average molecular weight is 581 g/mol. The van der Waals surface area contributed by atoms with Gasteiger partial charge in [0.15, 0.2) is 18.1 Å². The lowest BCUT2D eigenvalue weighted by Crippen LogP contribution is -2.22. The molecule has 1 aliphatic heterocycles. The molecular formula is C34H29FN2O6. The first kappa shape index (κ1) is 29.0. The zero-order chi connectivity index (χ0) is 30.3. The van der Waals surface area contributed by atoms with E-state index in [1.165, 1.54) is 35.9 Å². The van der Waals surface area contributed by atoms with Crippen LogP contribution in [0.3, 0.4) is 0 Å². The summed E-state index contributed by atoms with van der Waals surface area (Å²) >= 11 is 0. The van der Waals surface area contributed by atoms with Crippen molar-refractivity contribution < 1.29 is 32.9 Å². The summed E-state index contributed by atoms with van der Waals surface area (Å²) in [5.74, 6) is 0.271. The van der Waals surface area contributed by atoms with E-state index in [2.05, 4.69) is 6.07 Å². The predicted octanol–water partition coefficient (Wildman–Crippen LogP) is 6.31. The minimum absolute atomic E-state index is 0.0548. The maximum atomic E-state index is 13.1. The molecule has 218 valence electrons. The van der Waals surface area contributed by atoms with E-state index in [1.807, 2.05) is 56.3 Å². The Balaban J connectivity index is 1.36. The number of rotatable bonds is 10. The molecule has 0 aromatic heterocycles. The van der Waals surface area contributed by atoms with Gasteiger partial charge in [0, 0.05) is 11.6 Å². The Hall–Kier alpha value is -5.49. The molecule has 9 heteroatoms. The number of halogens is 1. The number of aryl methyl sites for hydroxylation is 1. The Labute approximate surface area is 248 Å². The van der Waals surface area contributed by atoms with Crippen LogP contribution < -0.4 is 29.4 Å². The van der Waals surface area contributed by atoms with Crippen LogP contribution in [0, 0.1) is 24.1 Å². The molecule has 8 nitrogen and oxygen atoms in total. The molecule has 0 radical (unpaired) electrons. The summed E-state index contributed by atoms with van der Waals surface area (Å²) in [5.41, 5.74) is 10.0. The zero-order valence-electron chi connectivity index (χ0n) is 23.6. The largest absolute Gasteiger partial charge is 0.490 e. The highest BCUT2D eigenvalue weighted by atomic mass is 19.1. The van der Waals surface area contributed by atoms with Crippen molar-refractivity contribution in [1.29, 1.82) is 5.26 Å². The van der Waals surface area contributed by atoms with Gasteiger partial charge in [-0.2, -0.15) is 5.26 Å². The van der Waals surface area contributed by atoms with Gasteiger partial charge >= 0.3 is 5.97 Å². The number of nitrogens with two attached hydrogens (primary N) is 1. The van der Waals surface area contributed by atoms with Crippen molar-refractivity contribution in [2.75, 3.05) is 13.2 Å². The molecule has 5 rings (SSSR count). The van der Waals surface area contributed by atoms with E-state index in [0.29, 0.717) is 41.8 Å². The first-order valence-electron chi connectivity index (χ1n) is 13.6.